The molecule has 1 fully saturated rings. The number of benzene rings is 2. The van der Waals surface area contributed by atoms with Crippen molar-refractivity contribution in [2.24, 2.45) is 0 Å². The van der Waals surface area contributed by atoms with Crippen LogP contribution in [0.2, 0.25) is 0 Å². The summed E-state index contributed by atoms with van der Waals surface area (Å²) in [5, 5.41) is 2.77. The summed E-state index contributed by atoms with van der Waals surface area (Å²) in [6, 6.07) is 17.1. The van der Waals surface area contributed by atoms with Crippen molar-refractivity contribution in [2.75, 3.05) is 13.1 Å². The van der Waals surface area contributed by atoms with Gasteiger partial charge in [0, 0.05) is 23.6 Å². The van der Waals surface area contributed by atoms with Gasteiger partial charge in [0.25, 0.3) is 0 Å². The zero-order chi connectivity index (χ0) is 18.4. The molecular weight excluding hydrogens is 396 g/mol. The number of halogens is 1. The van der Waals surface area contributed by atoms with Crippen LogP contribution in [-0.4, -0.2) is 36.0 Å². The smallest absolute Gasteiger partial charge is 0.407 e. The fourth-order valence-electron chi connectivity index (χ4n) is 2.53. The quantitative estimate of drug-likeness (QED) is 0.760. The lowest BCUT2D eigenvalue weighted by atomic mass is 10.1. The fraction of sp³-hybridized carbons (Fsp3) is 0.200. The van der Waals surface area contributed by atoms with Gasteiger partial charge in [-0.3, -0.25) is 4.79 Å². The number of nitrogens with zero attached hydrogens (tertiary/aromatic N) is 1. The van der Waals surface area contributed by atoms with Crippen LogP contribution in [0, 0.1) is 0 Å². The second-order valence-corrected chi connectivity index (χ2v) is 6.95. The molecule has 26 heavy (non-hydrogen) atoms. The summed E-state index contributed by atoms with van der Waals surface area (Å²) in [5.41, 5.74) is 1.90. The van der Waals surface area contributed by atoms with E-state index < -0.39 is 6.09 Å². The predicted octanol–water partition coefficient (Wildman–Crippen LogP) is 3.60. The van der Waals surface area contributed by atoms with Crippen LogP contribution in [0.4, 0.5) is 4.79 Å². The number of amides is 2. The number of alkyl carbamates (subject to hydrolysis) is 1. The average molecular weight is 415 g/mol. The van der Waals surface area contributed by atoms with Gasteiger partial charge in [0.2, 0.25) is 5.91 Å². The van der Waals surface area contributed by atoms with E-state index >= 15 is 0 Å². The van der Waals surface area contributed by atoms with Crippen molar-refractivity contribution in [2.45, 2.75) is 12.6 Å². The van der Waals surface area contributed by atoms with E-state index in [1.807, 2.05) is 54.6 Å². The third-order valence-corrected chi connectivity index (χ3v) is 4.54. The highest BCUT2D eigenvalue weighted by Gasteiger charge is 2.30. The van der Waals surface area contributed by atoms with Crippen LogP contribution < -0.4 is 5.32 Å². The van der Waals surface area contributed by atoms with E-state index in [-0.39, 0.29) is 18.6 Å². The molecule has 5 nitrogen and oxygen atoms in total. The lowest BCUT2D eigenvalue weighted by molar-refractivity contribution is -0.130. The molecule has 1 heterocycles. The van der Waals surface area contributed by atoms with E-state index in [1.165, 1.54) is 0 Å². The molecule has 1 N–H and O–H groups in total. The molecule has 1 aliphatic rings. The highest BCUT2D eigenvalue weighted by Crippen LogP contribution is 2.13. The van der Waals surface area contributed by atoms with Crippen LogP contribution in [0.3, 0.4) is 0 Å². The monoisotopic (exact) mass is 414 g/mol. The summed E-state index contributed by atoms with van der Waals surface area (Å²) in [6.07, 6.45) is 2.87. The fourth-order valence-corrected chi connectivity index (χ4v) is 2.79. The first-order valence-electron chi connectivity index (χ1n) is 8.30. The lowest BCUT2D eigenvalue weighted by Crippen LogP contribution is -2.60. The normalized spacial score (nSPS) is 14.1. The van der Waals surface area contributed by atoms with Gasteiger partial charge in [-0.2, -0.15) is 0 Å². The topological polar surface area (TPSA) is 58.6 Å². The first-order chi connectivity index (χ1) is 12.6. The van der Waals surface area contributed by atoms with Gasteiger partial charge >= 0.3 is 6.09 Å². The average Bonchev–Trinajstić information content (AvgIpc) is 2.63. The molecule has 2 aromatic carbocycles. The minimum absolute atomic E-state index is 0.0661. The van der Waals surface area contributed by atoms with Crippen LogP contribution in [-0.2, 0) is 16.1 Å². The molecule has 0 aromatic heterocycles. The first-order valence-corrected chi connectivity index (χ1v) is 9.09. The molecule has 0 aliphatic carbocycles. The van der Waals surface area contributed by atoms with Crippen molar-refractivity contribution in [1.82, 2.24) is 10.2 Å². The van der Waals surface area contributed by atoms with Crippen LogP contribution >= 0.6 is 15.9 Å². The van der Waals surface area contributed by atoms with Crippen molar-refractivity contribution in [3.8, 4) is 0 Å². The van der Waals surface area contributed by atoms with Crippen molar-refractivity contribution in [3.63, 3.8) is 0 Å². The number of rotatable bonds is 5. The largest absolute Gasteiger partial charge is 0.445 e. The van der Waals surface area contributed by atoms with Gasteiger partial charge < -0.3 is 15.0 Å². The van der Waals surface area contributed by atoms with E-state index in [0.29, 0.717) is 13.1 Å². The number of nitrogens with one attached hydrogen (secondary N) is 1. The molecule has 2 amide bonds. The Hall–Kier alpha value is -2.60. The van der Waals surface area contributed by atoms with Crippen LogP contribution in [0.25, 0.3) is 6.08 Å². The van der Waals surface area contributed by atoms with Crippen molar-refractivity contribution >= 4 is 34.0 Å². The Morgan fingerprint density at radius 2 is 1.81 bits per heavy atom. The third kappa shape index (κ3) is 5.20. The Balaban J connectivity index is 1.37. The molecule has 0 radical (unpaired) electrons. The molecule has 0 atom stereocenters. The summed E-state index contributed by atoms with van der Waals surface area (Å²) in [7, 11) is 0. The van der Waals surface area contributed by atoms with Crippen molar-refractivity contribution < 1.29 is 14.3 Å². The number of carbonyl (C=O) groups excluding carboxylic acids is 2. The van der Waals surface area contributed by atoms with Gasteiger partial charge in [0.1, 0.15) is 6.61 Å². The summed E-state index contributed by atoms with van der Waals surface area (Å²) in [4.78, 5) is 25.6. The van der Waals surface area contributed by atoms with E-state index in [9.17, 15) is 9.59 Å². The SMILES string of the molecule is O=C(NC1CN(C(=O)/C=C/c2ccc(Br)cc2)C1)OCc1ccccc1. The molecule has 1 aliphatic heterocycles. The number of carbonyl (C=O) groups is 2. The maximum Gasteiger partial charge on any atom is 0.407 e. The van der Waals surface area contributed by atoms with Crippen LogP contribution in [0.15, 0.2) is 65.1 Å². The van der Waals surface area contributed by atoms with E-state index in [4.69, 9.17) is 4.74 Å². The maximum absolute atomic E-state index is 12.1. The molecule has 0 spiro atoms. The van der Waals surface area contributed by atoms with Crippen molar-refractivity contribution in [3.05, 3.63) is 76.3 Å². The van der Waals surface area contributed by atoms with Crippen LogP contribution in [0.1, 0.15) is 11.1 Å². The molecule has 1 saturated heterocycles. The van der Waals surface area contributed by atoms with Crippen LogP contribution in [0.5, 0.6) is 0 Å². The number of likely N-dealkylation sites (tertiary alicyclic amines) is 1. The summed E-state index contributed by atoms with van der Waals surface area (Å²) in [5.74, 6) is -0.0661. The number of hydrogen-bond acceptors (Lipinski definition) is 3. The van der Waals surface area contributed by atoms with Gasteiger partial charge in [0.05, 0.1) is 6.04 Å². The molecule has 3 rings (SSSR count). The highest BCUT2D eigenvalue weighted by atomic mass is 79.9. The summed E-state index contributed by atoms with van der Waals surface area (Å²) < 4.78 is 6.17. The van der Waals surface area contributed by atoms with Gasteiger partial charge in [-0.15, -0.1) is 0 Å². The molecule has 0 bridgehead atoms. The Kier molecular flexibility index (Phi) is 6.07. The second kappa shape index (κ2) is 8.67. The Morgan fingerprint density at radius 3 is 2.50 bits per heavy atom. The summed E-state index contributed by atoms with van der Waals surface area (Å²) in [6.45, 7) is 1.21. The van der Waals surface area contributed by atoms with Crippen molar-refractivity contribution in [1.29, 1.82) is 0 Å². The highest BCUT2D eigenvalue weighted by molar-refractivity contribution is 9.10. The van der Waals surface area contributed by atoms with E-state index in [0.717, 1.165) is 15.6 Å². The molecule has 6 heteroatoms. The first kappa shape index (κ1) is 18.2. The Bertz CT molecular complexity index is 784. The number of hydrogen-bond donors (Lipinski definition) is 1. The summed E-state index contributed by atoms with van der Waals surface area (Å²) >= 11 is 3.38. The maximum atomic E-state index is 12.1. The molecule has 2 aromatic rings. The zero-order valence-electron chi connectivity index (χ0n) is 14.1. The Morgan fingerprint density at radius 1 is 1.12 bits per heavy atom. The predicted molar refractivity (Wildman–Crippen MR) is 103 cm³/mol. The second-order valence-electron chi connectivity index (χ2n) is 6.03. The van der Waals surface area contributed by atoms with Gasteiger partial charge in [-0.25, -0.2) is 4.79 Å². The van der Waals surface area contributed by atoms with E-state index in [2.05, 4.69) is 21.2 Å². The minimum Gasteiger partial charge on any atom is -0.445 e. The molecular formula is C20H19BrN2O3. The van der Waals surface area contributed by atoms with Gasteiger partial charge in [-0.1, -0.05) is 58.4 Å². The van der Waals surface area contributed by atoms with Gasteiger partial charge in [-0.05, 0) is 29.3 Å². The lowest BCUT2D eigenvalue weighted by Gasteiger charge is -2.38. The van der Waals surface area contributed by atoms with E-state index in [1.54, 1.807) is 17.1 Å². The molecule has 134 valence electrons. The standard InChI is InChI=1S/C20H19BrN2O3/c21-17-9-6-15(7-10-17)8-11-19(24)23-12-18(13-23)22-20(25)26-14-16-4-2-1-3-5-16/h1-11,18H,12-14H2,(H,22,25)/b11-8+. The van der Waals surface area contributed by atoms with Gasteiger partial charge in [0.15, 0.2) is 0 Å². The Labute approximate surface area is 160 Å². The minimum atomic E-state index is -0.462. The zero-order valence-corrected chi connectivity index (χ0v) is 15.7. The molecule has 0 unspecified atom stereocenters. The third-order valence-electron chi connectivity index (χ3n) is 4.02. The molecule has 0 saturated carbocycles. The number of ether oxygens (including phenoxy) is 1.